The number of carbonyl (C=O) groups is 1. The molecule has 0 aliphatic rings. The van der Waals surface area contributed by atoms with Gasteiger partial charge in [0.25, 0.3) is 5.91 Å². The first-order chi connectivity index (χ1) is 9.54. The van der Waals surface area contributed by atoms with Crippen LogP contribution in [0.4, 0.5) is 0 Å². The summed E-state index contributed by atoms with van der Waals surface area (Å²) in [7, 11) is 0. The third-order valence-corrected chi connectivity index (χ3v) is 3.35. The van der Waals surface area contributed by atoms with E-state index < -0.39 is 12.0 Å². The molecule has 0 spiro atoms. The maximum absolute atomic E-state index is 11.4. The Hall–Kier alpha value is -2.07. The topological polar surface area (TPSA) is 78.3 Å². The number of primary amides is 1. The SMILES string of the molecule is CCC(Oc1c(C(C)N)ccc2ccccc12)C(N)=O. The number of carbonyl (C=O) groups excluding carboxylic acids is 1. The summed E-state index contributed by atoms with van der Waals surface area (Å²) in [5, 5.41) is 1.99. The molecular weight excluding hydrogens is 252 g/mol. The van der Waals surface area contributed by atoms with Gasteiger partial charge in [0.05, 0.1) is 0 Å². The van der Waals surface area contributed by atoms with Crippen LogP contribution in [0.15, 0.2) is 36.4 Å². The van der Waals surface area contributed by atoms with Crippen molar-refractivity contribution in [2.24, 2.45) is 11.5 Å². The van der Waals surface area contributed by atoms with Crippen molar-refractivity contribution in [1.29, 1.82) is 0 Å². The predicted molar refractivity (Wildman–Crippen MR) is 80.5 cm³/mol. The van der Waals surface area contributed by atoms with Crippen LogP contribution < -0.4 is 16.2 Å². The van der Waals surface area contributed by atoms with Gasteiger partial charge in [-0.2, -0.15) is 0 Å². The summed E-state index contributed by atoms with van der Waals surface area (Å²) in [5.41, 5.74) is 12.3. The van der Waals surface area contributed by atoms with Crippen molar-refractivity contribution >= 4 is 16.7 Å². The van der Waals surface area contributed by atoms with Crippen molar-refractivity contribution in [2.45, 2.75) is 32.4 Å². The van der Waals surface area contributed by atoms with Gasteiger partial charge in [-0.05, 0) is 18.7 Å². The minimum absolute atomic E-state index is 0.181. The van der Waals surface area contributed by atoms with E-state index in [-0.39, 0.29) is 6.04 Å². The first-order valence-electron chi connectivity index (χ1n) is 6.77. The van der Waals surface area contributed by atoms with Crippen LogP contribution in [0.3, 0.4) is 0 Å². The fourth-order valence-corrected chi connectivity index (χ4v) is 2.23. The molecule has 1 amide bonds. The molecule has 0 fully saturated rings. The average Bonchev–Trinajstić information content (AvgIpc) is 2.43. The van der Waals surface area contributed by atoms with Crippen molar-refractivity contribution in [1.82, 2.24) is 0 Å². The Bertz CT molecular complexity index is 623. The van der Waals surface area contributed by atoms with Crippen LogP contribution in [0.5, 0.6) is 5.75 Å². The van der Waals surface area contributed by atoms with Gasteiger partial charge >= 0.3 is 0 Å². The highest BCUT2D eigenvalue weighted by Gasteiger charge is 2.19. The zero-order valence-corrected chi connectivity index (χ0v) is 11.8. The third-order valence-electron chi connectivity index (χ3n) is 3.35. The second kappa shape index (κ2) is 5.92. The summed E-state index contributed by atoms with van der Waals surface area (Å²) >= 11 is 0. The molecule has 4 nitrogen and oxygen atoms in total. The summed E-state index contributed by atoms with van der Waals surface area (Å²) in [6, 6.07) is 11.6. The van der Waals surface area contributed by atoms with E-state index in [1.165, 1.54) is 0 Å². The number of fused-ring (bicyclic) bond motifs is 1. The highest BCUT2D eigenvalue weighted by Crippen LogP contribution is 2.33. The zero-order chi connectivity index (χ0) is 14.7. The molecule has 0 radical (unpaired) electrons. The lowest BCUT2D eigenvalue weighted by Crippen LogP contribution is -2.33. The van der Waals surface area contributed by atoms with E-state index in [1.54, 1.807) is 0 Å². The normalized spacial score (nSPS) is 13.9. The largest absolute Gasteiger partial charge is 0.480 e. The summed E-state index contributed by atoms with van der Waals surface area (Å²) in [5.74, 6) is 0.194. The smallest absolute Gasteiger partial charge is 0.258 e. The monoisotopic (exact) mass is 272 g/mol. The molecule has 2 aromatic rings. The van der Waals surface area contributed by atoms with E-state index in [1.807, 2.05) is 50.2 Å². The highest BCUT2D eigenvalue weighted by molar-refractivity contribution is 5.90. The Morgan fingerprint density at radius 3 is 2.55 bits per heavy atom. The molecule has 4 N–H and O–H groups in total. The number of hydrogen-bond donors (Lipinski definition) is 2. The summed E-state index contributed by atoms with van der Waals surface area (Å²) in [4.78, 5) is 11.4. The minimum Gasteiger partial charge on any atom is -0.480 e. The number of ether oxygens (including phenoxy) is 1. The van der Waals surface area contributed by atoms with Gasteiger partial charge in [0.15, 0.2) is 6.10 Å². The Kier molecular flexibility index (Phi) is 4.25. The Morgan fingerprint density at radius 1 is 1.25 bits per heavy atom. The van der Waals surface area contributed by atoms with E-state index in [4.69, 9.17) is 16.2 Å². The van der Waals surface area contributed by atoms with E-state index in [0.29, 0.717) is 12.2 Å². The predicted octanol–water partition coefficient (Wildman–Crippen LogP) is 2.50. The van der Waals surface area contributed by atoms with E-state index in [9.17, 15) is 4.79 Å². The molecule has 2 unspecified atom stereocenters. The molecule has 4 heteroatoms. The van der Waals surface area contributed by atoms with Crippen LogP contribution >= 0.6 is 0 Å². The number of rotatable bonds is 5. The van der Waals surface area contributed by atoms with Crippen molar-refractivity contribution in [3.63, 3.8) is 0 Å². The molecule has 2 aromatic carbocycles. The van der Waals surface area contributed by atoms with E-state index in [2.05, 4.69) is 0 Å². The third kappa shape index (κ3) is 2.75. The van der Waals surface area contributed by atoms with Crippen LogP contribution in [0.2, 0.25) is 0 Å². The van der Waals surface area contributed by atoms with Gasteiger partial charge < -0.3 is 16.2 Å². The number of amides is 1. The van der Waals surface area contributed by atoms with Crippen molar-refractivity contribution in [3.05, 3.63) is 42.0 Å². The van der Waals surface area contributed by atoms with Crippen molar-refractivity contribution in [2.75, 3.05) is 0 Å². The van der Waals surface area contributed by atoms with Gasteiger partial charge in [-0.25, -0.2) is 0 Å². The molecule has 0 aliphatic carbocycles. The summed E-state index contributed by atoms with van der Waals surface area (Å²) in [6.45, 7) is 3.76. The average molecular weight is 272 g/mol. The number of hydrogen-bond acceptors (Lipinski definition) is 3. The molecule has 0 saturated heterocycles. The van der Waals surface area contributed by atoms with Gasteiger partial charge in [0, 0.05) is 17.0 Å². The molecule has 2 atom stereocenters. The molecule has 106 valence electrons. The second-order valence-corrected chi connectivity index (χ2v) is 4.91. The lowest BCUT2D eigenvalue weighted by molar-refractivity contribution is -0.124. The van der Waals surface area contributed by atoms with Gasteiger partial charge in [-0.3, -0.25) is 4.79 Å². The maximum atomic E-state index is 11.4. The molecule has 0 saturated carbocycles. The molecule has 0 heterocycles. The van der Waals surface area contributed by atoms with E-state index in [0.717, 1.165) is 16.3 Å². The lowest BCUT2D eigenvalue weighted by Gasteiger charge is -2.20. The number of nitrogens with two attached hydrogens (primary N) is 2. The zero-order valence-electron chi connectivity index (χ0n) is 11.8. The fourth-order valence-electron chi connectivity index (χ4n) is 2.23. The highest BCUT2D eigenvalue weighted by atomic mass is 16.5. The quantitative estimate of drug-likeness (QED) is 0.877. The van der Waals surface area contributed by atoms with Gasteiger partial charge in [0.1, 0.15) is 5.75 Å². The van der Waals surface area contributed by atoms with Crippen LogP contribution in [-0.2, 0) is 4.79 Å². The first kappa shape index (κ1) is 14.3. The van der Waals surface area contributed by atoms with Crippen LogP contribution in [0.25, 0.3) is 10.8 Å². The Labute approximate surface area is 118 Å². The van der Waals surface area contributed by atoms with Crippen molar-refractivity contribution < 1.29 is 9.53 Å². The lowest BCUT2D eigenvalue weighted by atomic mass is 10.0. The molecule has 0 aliphatic heterocycles. The maximum Gasteiger partial charge on any atom is 0.258 e. The number of benzene rings is 2. The van der Waals surface area contributed by atoms with Crippen molar-refractivity contribution in [3.8, 4) is 5.75 Å². The standard InChI is InChI=1S/C16H20N2O2/c1-3-14(16(18)19)20-15-12(10(2)17)9-8-11-6-4-5-7-13(11)15/h4-10,14H,3,17H2,1-2H3,(H2,18,19). The molecule has 0 aromatic heterocycles. The Morgan fingerprint density at radius 2 is 1.95 bits per heavy atom. The molecule has 2 rings (SSSR count). The van der Waals surface area contributed by atoms with Gasteiger partial charge in [-0.15, -0.1) is 0 Å². The summed E-state index contributed by atoms with van der Waals surface area (Å²) < 4.78 is 5.88. The molecule has 20 heavy (non-hydrogen) atoms. The van der Waals surface area contributed by atoms with Gasteiger partial charge in [0.2, 0.25) is 0 Å². The van der Waals surface area contributed by atoms with E-state index >= 15 is 0 Å². The first-order valence-corrected chi connectivity index (χ1v) is 6.77. The minimum atomic E-state index is -0.640. The fraction of sp³-hybridized carbons (Fsp3) is 0.312. The Balaban J connectivity index is 2.57. The molecule has 0 bridgehead atoms. The van der Waals surface area contributed by atoms with Gasteiger partial charge in [-0.1, -0.05) is 43.3 Å². The molecular formula is C16H20N2O2. The van der Waals surface area contributed by atoms with Crippen LogP contribution in [0, 0.1) is 0 Å². The van der Waals surface area contributed by atoms with Crippen LogP contribution in [-0.4, -0.2) is 12.0 Å². The summed E-state index contributed by atoms with van der Waals surface area (Å²) in [6.07, 6.45) is -0.116. The second-order valence-electron chi connectivity index (χ2n) is 4.91. The van der Waals surface area contributed by atoms with Crippen LogP contribution in [0.1, 0.15) is 31.9 Å².